The van der Waals surface area contributed by atoms with Crippen LogP contribution in [0.15, 0.2) is 83.5 Å². The first-order valence-corrected chi connectivity index (χ1v) is 10.7. The van der Waals surface area contributed by atoms with Gasteiger partial charge in [0, 0.05) is 11.1 Å². The lowest BCUT2D eigenvalue weighted by molar-refractivity contribution is -0.129. The minimum atomic E-state index is -0.465. The minimum absolute atomic E-state index is 0.0556. The number of benzene rings is 3. The highest BCUT2D eigenvalue weighted by Gasteiger charge is 2.25. The summed E-state index contributed by atoms with van der Waals surface area (Å²) < 4.78 is 11.5. The number of cyclic esters (lactones) is 1. The molecule has 1 aliphatic rings. The molecule has 0 fully saturated rings. The highest BCUT2D eigenvalue weighted by molar-refractivity contribution is 6.13. The summed E-state index contributed by atoms with van der Waals surface area (Å²) in [5.74, 6) is 0.541. The number of hydrogen-bond donors (Lipinski definition) is 0. The van der Waals surface area contributed by atoms with Crippen LogP contribution in [0.4, 0.5) is 0 Å². The first kappa shape index (κ1) is 21.6. The molecule has 3 aromatic carbocycles. The maximum absolute atomic E-state index is 12.5. The van der Waals surface area contributed by atoms with Crippen molar-refractivity contribution in [2.24, 2.45) is 4.99 Å². The van der Waals surface area contributed by atoms with E-state index in [1.165, 1.54) is 11.1 Å². The van der Waals surface area contributed by atoms with E-state index in [9.17, 15) is 4.79 Å². The Hall–Kier alpha value is -3.66. The summed E-state index contributed by atoms with van der Waals surface area (Å²) in [5, 5.41) is 0. The molecule has 4 rings (SSSR count). The van der Waals surface area contributed by atoms with Crippen LogP contribution in [0.25, 0.3) is 6.08 Å². The van der Waals surface area contributed by atoms with Crippen LogP contribution in [-0.2, 0) is 21.6 Å². The molecule has 0 amide bonds. The molecule has 0 radical (unpaired) electrons. The van der Waals surface area contributed by atoms with Crippen molar-refractivity contribution in [3.63, 3.8) is 0 Å². The Labute approximate surface area is 189 Å². The quantitative estimate of drug-likeness (QED) is 0.360. The molecule has 0 spiro atoms. The van der Waals surface area contributed by atoms with Gasteiger partial charge in [0.05, 0.1) is 0 Å². The molecule has 4 nitrogen and oxygen atoms in total. The monoisotopic (exact) mass is 425 g/mol. The van der Waals surface area contributed by atoms with Crippen molar-refractivity contribution in [3.8, 4) is 5.75 Å². The van der Waals surface area contributed by atoms with Crippen molar-refractivity contribution >= 4 is 17.9 Å². The number of aliphatic imine (C=N–C) groups is 1. The zero-order valence-electron chi connectivity index (χ0n) is 18.9. The second-order valence-electron chi connectivity index (χ2n) is 8.98. The third kappa shape index (κ3) is 4.97. The molecule has 0 saturated heterocycles. The Morgan fingerprint density at radius 3 is 2.31 bits per heavy atom. The van der Waals surface area contributed by atoms with Crippen LogP contribution in [0.5, 0.6) is 5.75 Å². The predicted molar refractivity (Wildman–Crippen MR) is 128 cm³/mol. The lowest BCUT2D eigenvalue weighted by atomic mass is 9.87. The molecule has 0 atom stereocenters. The summed E-state index contributed by atoms with van der Waals surface area (Å²) in [6, 6.07) is 23.8. The van der Waals surface area contributed by atoms with Gasteiger partial charge in [-0.2, -0.15) is 0 Å². The number of rotatable bonds is 5. The lowest BCUT2D eigenvalue weighted by Crippen LogP contribution is -2.11. The maximum Gasteiger partial charge on any atom is 0.363 e. The number of aryl methyl sites for hydroxylation is 1. The molecule has 0 N–H and O–H groups in total. The van der Waals surface area contributed by atoms with E-state index < -0.39 is 5.97 Å². The third-order valence-corrected chi connectivity index (χ3v) is 5.34. The average molecular weight is 426 g/mol. The van der Waals surface area contributed by atoms with E-state index in [0.29, 0.717) is 18.3 Å². The Kier molecular flexibility index (Phi) is 5.95. The minimum Gasteiger partial charge on any atom is -0.488 e. The second kappa shape index (κ2) is 8.83. The Morgan fingerprint density at radius 2 is 1.62 bits per heavy atom. The van der Waals surface area contributed by atoms with E-state index >= 15 is 0 Å². The van der Waals surface area contributed by atoms with E-state index in [1.807, 2.05) is 60.7 Å². The smallest absolute Gasteiger partial charge is 0.363 e. The number of hydrogen-bond acceptors (Lipinski definition) is 4. The molecule has 0 aliphatic carbocycles. The molecular formula is C28H27NO3. The van der Waals surface area contributed by atoms with E-state index in [0.717, 1.165) is 16.7 Å². The van der Waals surface area contributed by atoms with Gasteiger partial charge in [0.15, 0.2) is 5.70 Å². The van der Waals surface area contributed by atoms with Gasteiger partial charge in [-0.05, 0) is 47.7 Å². The average Bonchev–Trinajstić information content (AvgIpc) is 3.14. The molecule has 1 aliphatic heterocycles. The predicted octanol–water partition coefficient (Wildman–Crippen LogP) is 6.22. The topological polar surface area (TPSA) is 47.9 Å². The van der Waals surface area contributed by atoms with E-state index in [2.05, 4.69) is 44.8 Å². The Bertz CT molecular complexity index is 1180. The Balaban J connectivity index is 1.55. The van der Waals surface area contributed by atoms with Gasteiger partial charge in [-0.15, -0.1) is 0 Å². The van der Waals surface area contributed by atoms with Gasteiger partial charge in [0.2, 0.25) is 5.90 Å². The molecule has 0 aromatic heterocycles. The largest absolute Gasteiger partial charge is 0.488 e. The summed E-state index contributed by atoms with van der Waals surface area (Å²) in [4.78, 5) is 16.9. The summed E-state index contributed by atoms with van der Waals surface area (Å²) >= 11 is 0. The lowest BCUT2D eigenvalue weighted by Gasteiger charge is -2.18. The van der Waals surface area contributed by atoms with Crippen LogP contribution < -0.4 is 4.74 Å². The molecule has 4 heteroatoms. The van der Waals surface area contributed by atoms with Gasteiger partial charge in [0.1, 0.15) is 12.4 Å². The summed E-state index contributed by atoms with van der Waals surface area (Å²) in [6.07, 6.45) is 1.71. The molecule has 0 bridgehead atoms. The number of nitrogens with zero attached hydrogens (tertiary/aromatic N) is 1. The van der Waals surface area contributed by atoms with Gasteiger partial charge >= 0.3 is 5.97 Å². The maximum atomic E-state index is 12.5. The number of esters is 1. The van der Waals surface area contributed by atoms with Crippen LogP contribution in [0.3, 0.4) is 0 Å². The highest BCUT2D eigenvalue weighted by Crippen LogP contribution is 2.27. The first-order valence-electron chi connectivity index (χ1n) is 10.7. The van der Waals surface area contributed by atoms with Crippen LogP contribution in [0.1, 0.15) is 48.6 Å². The first-order chi connectivity index (χ1) is 15.3. The van der Waals surface area contributed by atoms with Crippen LogP contribution in [0.2, 0.25) is 0 Å². The van der Waals surface area contributed by atoms with E-state index in [-0.39, 0.29) is 11.1 Å². The third-order valence-electron chi connectivity index (χ3n) is 5.34. The standard InChI is InChI=1S/C28H27NO3/c1-19-9-11-20(12-10-19)18-31-25-8-6-5-7-22(25)17-24-27(30)32-26(29-24)21-13-15-23(16-14-21)28(2,3)4/h5-17H,18H2,1-4H3/b24-17-. The molecule has 3 aromatic rings. The van der Waals surface area contributed by atoms with E-state index in [4.69, 9.17) is 9.47 Å². The van der Waals surface area contributed by atoms with Gasteiger partial charge in [-0.25, -0.2) is 9.79 Å². The van der Waals surface area contributed by atoms with Crippen molar-refractivity contribution in [2.75, 3.05) is 0 Å². The van der Waals surface area contributed by atoms with E-state index in [1.54, 1.807) is 6.08 Å². The number of carbonyl (C=O) groups is 1. The SMILES string of the molecule is Cc1ccc(COc2ccccc2/C=C2\N=C(c3ccc(C(C)(C)C)cc3)OC2=O)cc1. The van der Waals surface area contributed by atoms with Crippen molar-refractivity contribution in [3.05, 3.63) is 106 Å². The fraction of sp³-hybridized carbons (Fsp3) is 0.214. The molecule has 32 heavy (non-hydrogen) atoms. The summed E-state index contributed by atoms with van der Waals surface area (Å²) in [6.45, 7) is 8.98. The van der Waals surface area contributed by atoms with Crippen LogP contribution >= 0.6 is 0 Å². The summed E-state index contributed by atoms with van der Waals surface area (Å²) in [5.41, 5.74) is 5.36. The zero-order valence-corrected chi connectivity index (χ0v) is 18.9. The molecular weight excluding hydrogens is 398 g/mol. The van der Waals surface area contributed by atoms with Gasteiger partial charge in [0.25, 0.3) is 0 Å². The number of carbonyl (C=O) groups excluding carboxylic acids is 1. The number of ether oxygens (including phenoxy) is 2. The van der Waals surface area contributed by atoms with Gasteiger partial charge in [-0.3, -0.25) is 0 Å². The molecule has 0 saturated carbocycles. The van der Waals surface area contributed by atoms with Crippen molar-refractivity contribution in [2.45, 2.75) is 39.7 Å². The second-order valence-corrected chi connectivity index (χ2v) is 8.98. The summed E-state index contributed by atoms with van der Waals surface area (Å²) in [7, 11) is 0. The molecule has 1 heterocycles. The normalized spacial score (nSPS) is 14.9. The van der Waals surface area contributed by atoms with Gasteiger partial charge < -0.3 is 9.47 Å². The van der Waals surface area contributed by atoms with Crippen molar-refractivity contribution in [1.82, 2.24) is 0 Å². The van der Waals surface area contributed by atoms with Crippen molar-refractivity contribution < 1.29 is 14.3 Å². The zero-order chi connectivity index (χ0) is 22.7. The van der Waals surface area contributed by atoms with Crippen LogP contribution in [-0.4, -0.2) is 11.9 Å². The van der Waals surface area contributed by atoms with Crippen LogP contribution in [0, 0.1) is 6.92 Å². The molecule has 0 unspecified atom stereocenters. The van der Waals surface area contributed by atoms with Gasteiger partial charge in [-0.1, -0.05) is 80.9 Å². The highest BCUT2D eigenvalue weighted by atomic mass is 16.6. The molecule has 162 valence electrons. The van der Waals surface area contributed by atoms with Crippen molar-refractivity contribution in [1.29, 1.82) is 0 Å². The Morgan fingerprint density at radius 1 is 0.938 bits per heavy atom. The fourth-order valence-corrected chi connectivity index (χ4v) is 3.37. The fourth-order valence-electron chi connectivity index (χ4n) is 3.37. The number of para-hydroxylation sites is 1.